The van der Waals surface area contributed by atoms with Crippen LogP contribution in [0, 0.1) is 11.6 Å². The molecule has 0 aliphatic carbocycles. The lowest BCUT2D eigenvalue weighted by molar-refractivity contribution is 0.569. The van der Waals surface area contributed by atoms with Crippen molar-refractivity contribution >= 4 is 0 Å². The first kappa shape index (κ1) is 11.5. The minimum Gasteiger partial charge on any atom is -0.416 e. The number of hydrogen-bond donors (Lipinski definition) is 0. The van der Waals surface area contributed by atoms with Gasteiger partial charge in [0.05, 0.1) is 5.56 Å². The first-order valence-electron chi connectivity index (χ1n) is 5.43. The van der Waals surface area contributed by atoms with Gasteiger partial charge in [0.1, 0.15) is 11.6 Å². The molecule has 0 amide bonds. The van der Waals surface area contributed by atoms with E-state index in [1.54, 1.807) is 24.5 Å². The second kappa shape index (κ2) is 4.56. The number of pyridine rings is 1. The lowest BCUT2D eigenvalue weighted by atomic mass is 10.2. The van der Waals surface area contributed by atoms with Gasteiger partial charge in [0, 0.05) is 24.0 Å². The van der Waals surface area contributed by atoms with Crippen molar-refractivity contribution in [1.29, 1.82) is 0 Å². The summed E-state index contributed by atoms with van der Waals surface area (Å²) in [6.07, 6.45) is 3.17. The molecule has 2 aromatic heterocycles. The third-order valence-electron chi connectivity index (χ3n) is 2.44. The molecule has 0 aliphatic heterocycles. The molecule has 0 radical (unpaired) electrons. The summed E-state index contributed by atoms with van der Waals surface area (Å²) in [6.45, 7) is 0. The largest absolute Gasteiger partial charge is 0.416 e. The van der Waals surface area contributed by atoms with Crippen LogP contribution in [-0.4, -0.2) is 15.2 Å². The van der Waals surface area contributed by atoms with E-state index in [4.69, 9.17) is 4.42 Å². The molecule has 2 heterocycles. The quantitative estimate of drug-likeness (QED) is 0.709. The molecule has 0 atom stereocenters. The van der Waals surface area contributed by atoms with Crippen LogP contribution in [0.25, 0.3) is 22.9 Å². The van der Waals surface area contributed by atoms with E-state index in [0.717, 1.165) is 18.2 Å². The smallest absolute Gasteiger partial charge is 0.249 e. The predicted octanol–water partition coefficient (Wildman–Crippen LogP) is 3.08. The van der Waals surface area contributed by atoms with Crippen molar-refractivity contribution in [3.63, 3.8) is 0 Å². The van der Waals surface area contributed by atoms with Gasteiger partial charge in [-0.3, -0.25) is 4.98 Å². The van der Waals surface area contributed by atoms with Gasteiger partial charge in [0.25, 0.3) is 0 Å². The summed E-state index contributed by atoms with van der Waals surface area (Å²) in [6, 6.07) is 6.51. The third kappa shape index (κ3) is 2.33. The van der Waals surface area contributed by atoms with Gasteiger partial charge >= 0.3 is 0 Å². The molecule has 6 heteroatoms. The Morgan fingerprint density at radius 1 is 0.895 bits per heavy atom. The minimum atomic E-state index is -0.698. The fraction of sp³-hybridized carbons (Fsp3) is 0. The van der Waals surface area contributed by atoms with E-state index < -0.39 is 11.6 Å². The van der Waals surface area contributed by atoms with E-state index >= 15 is 0 Å². The van der Waals surface area contributed by atoms with Crippen molar-refractivity contribution in [2.24, 2.45) is 0 Å². The van der Waals surface area contributed by atoms with Crippen LogP contribution < -0.4 is 0 Å². The summed E-state index contributed by atoms with van der Waals surface area (Å²) >= 11 is 0. The minimum absolute atomic E-state index is 0.0530. The van der Waals surface area contributed by atoms with Gasteiger partial charge < -0.3 is 4.42 Å². The molecule has 0 saturated heterocycles. The normalized spacial score (nSPS) is 10.6. The molecule has 1 aromatic carbocycles. The molecular weight excluding hydrogens is 252 g/mol. The molecule has 0 saturated carbocycles. The van der Waals surface area contributed by atoms with Crippen molar-refractivity contribution < 1.29 is 13.2 Å². The van der Waals surface area contributed by atoms with Crippen LogP contribution in [0.1, 0.15) is 0 Å². The molecule has 0 unspecified atom stereocenters. The van der Waals surface area contributed by atoms with Crippen LogP contribution in [0.15, 0.2) is 47.1 Å². The Labute approximate surface area is 106 Å². The van der Waals surface area contributed by atoms with Crippen molar-refractivity contribution in [2.45, 2.75) is 0 Å². The highest BCUT2D eigenvalue weighted by Crippen LogP contribution is 2.24. The Morgan fingerprint density at radius 3 is 2.21 bits per heavy atom. The Bertz CT molecular complexity index is 693. The molecule has 3 rings (SSSR count). The molecular formula is C13H7F2N3O. The Morgan fingerprint density at radius 2 is 1.58 bits per heavy atom. The molecule has 0 N–H and O–H groups in total. The maximum atomic E-state index is 13.1. The van der Waals surface area contributed by atoms with Gasteiger partial charge in [0.15, 0.2) is 0 Å². The molecule has 19 heavy (non-hydrogen) atoms. The summed E-state index contributed by atoms with van der Waals surface area (Å²) in [5.74, 6) is -1.10. The Hall–Kier alpha value is -2.63. The van der Waals surface area contributed by atoms with Gasteiger partial charge in [-0.1, -0.05) is 0 Å². The zero-order valence-electron chi connectivity index (χ0n) is 9.55. The molecule has 3 aromatic rings. The number of rotatable bonds is 2. The molecule has 0 bridgehead atoms. The second-order valence-corrected chi connectivity index (χ2v) is 3.81. The maximum absolute atomic E-state index is 13.1. The first-order chi connectivity index (χ1) is 9.22. The van der Waals surface area contributed by atoms with Gasteiger partial charge in [-0.25, -0.2) is 8.78 Å². The summed E-state index contributed by atoms with van der Waals surface area (Å²) < 4.78 is 31.6. The third-order valence-corrected chi connectivity index (χ3v) is 2.44. The van der Waals surface area contributed by atoms with Crippen molar-refractivity contribution in [3.05, 3.63) is 54.4 Å². The zero-order valence-corrected chi connectivity index (χ0v) is 9.55. The van der Waals surface area contributed by atoms with Crippen molar-refractivity contribution in [3.8, 4) is 22.9 Å². The van der Waals surface area contributed by atoms with E-state index in [9.17, 15) is 8.78 Å². The second-order valence-electron chi connectivity index (χ2n) is 3.81. The summed E-state index contributed by atoms with van der Waals surface area (Å²) in [7, 11) is 0. The van der Waals surface area contributed by atoms with Crippen LogP contribution >= 0.6 is 0 Å². The Balaban J connectivity index is 2.02. The number of aromatic nitrogens is 3. The highest BCUT2D eigenvalue weighted by Gasteiger charge is 2.12. The van der Waals surface area contributed by atoms with Gasteiger partial charge in [-0.05, 0) is 24.3 Å². The first-order valence-corrected chi connectivity index (χ1v) is 5.43. The van der Waals surface area contributed by atoms with Crippen molar-refractivity contribution in [2.75, 3.05) is 0 Å². The monoisotopic (exact) mass is 259 g/mol. The molecule has 0 aliphatic rings. The van der Waals surface area contributed by atoms with Gasteiger partial charge in [0.2, 0.25) is 11.8 Å². The standard InChI is InChI=1S/C13H7F2N3O/c14-10-4-9(5-11(15)6-10)13-18-17-12(19-13)8-2-1-3-16-7-8/h1-7H. The number of hydrogen-bond acceptors (Lipinski definition) is 4. The average molecular weight is 259 g/mol. The zero-order chi connectivity index (χ0) is 13.2. The van der Waals surface area contributed by atoms with Crippen LogP contribution in [-0.2, 0) is 0 Å². The Kier molecular flexibility index (Phi) is 2.75. The topological polar surface area (TPSA) is 51.8 Å². The molecule has 0 spiro atoms. The predicted molar refractivity (Wildman–Crippen MR) is 62.9 cm³/mol. The van der Waals surface area contributed by atoms with E-state index in [2.05, 4.69) is 15.2 Å². The van der Waals surface area contributed by atoms with Gasteiger partial charge in [-0.15, -0.1) is 10.2 Å². The van der Waals surface area contributed by atoms with E-state index in [1.807, 2.05) is 0 Å². The molecule has 0 fully saturated rings. The van der Waals surface area contributed by atoms with Crippen LogP contribution in [0.2, 0.25) is 0 Å². The van der Waals surface area contributed by atoms with E-state index in [-0.39, 0.29) is 17.3 Å². The molecule has 4 nitrogen and oxygen atoms in total. The van der Waals surface area contributed by atoms with Gasteiger partial charge in [-0.2, -0.15) is 0 Å². The highest BCUT2D eigenvalue weighted by molar-refractivity contribution is 5.57. The van der Waals surface area contributed by atoms with Crippen LogP contribution in [0.5, 0.6) is 0 Å². The summed E-state index contributed by atoms with van der Waals surface area (Å²) in [5.41, 5.74) is 0.832. The SMILES string of the molecule is Fc1cc(F)cc(-c2nnc(-c3cccnc3)o2)c1. The van der Waals surface area contributed by atoms with Crippen molar-refractivity contribution in [1.82, 2.24) is 15.2 Å². The summed E-state index contributed by atoms with van der Waals surface area (Å²) in [5, 5.41) is 7.59. The lowest BCUT2D eigenvalue weighted by Crippen LogP contribution is -1.84. The number of nitrogens with zero attached hydrogens (tertiary/aromatic N) is 3. The van der Waals surface area contributed by atoms with E-state index in [1.165, 1.54) is 0 Å². The van der Waals surface area contributed by atoms with Crippen LogP contribution in [0.4, 0.5) is 8.78 Å². The number of halogens is 2. The fourth-order valence-electron chi connectivity index (χ4n) is 1.62. The number of benzene rings is 1. The fourth-order valence-corrected chi connectivity index (χ4v) is 1.62. The van der Waals surface area contributed by atoms with Crippen LogP contribution in [0.3, 0.4) is 0 Å². The van der Waals surface area contributed by atoms with E-state index in [0.29, 0.717) is 5.56 Å². The maximum Gasteiger partial charge on any atom is 0.249 e. The lowest BCUT2D eigenvalue weighted by Gasteiger charge is -1.96. The summed E-state index contributed by atoms with van der Waals surface area (Å²) in [4.78, 5) is 3.92. The molecule has 94 valence electrons. The highest BCUT2D eigenvalue weighted by atomic mass is 19.1. The average Bonchev–Trinajstić information content (AvgIpc) is 2.88.